The number of carbonyl (C=O) groups excluding carboxylic acids is 3. The molecule has 0 aliphatic heterocycles. The summed E-state index contributed by atoms with van der Waals surface area (Å²) in [6.45, 7) is 9.56. The molecule has 150 valence electrons. The minimum Gasteiger partial charge on any atom is -0.460 e. The number of hydrogen-bond acceptors (Lipinski definition) is 5. The van der Waals surface area contributed by atoms with Crippen molar-refractivity contribution >= 4 is 17.8 Å². The highest BCUT2D eigenvalue weighted by Gasteiger charge is 2.38. The van der Waals surface area contributed by atoms with Gasteiger partial charge in [0.1, 0.15) is 5.60 Å². The van der Waals surface area contributed by atoms with E-state index >= 15 is 0 Å². The molecule has 2 amide bonds. The van der Waals surface area contributed by atoms with Crippen LogP contribution in [0.15, 0.2) is 0 Å². The standard InChI is InChI=1S/C19H34N2O5/c1-12(2)21-17(24)8-6-7-16(23)20-11-14-9-13(10-15(14)22)18(25)26-19(3,4)5/h12-15,22H,6-11H2,1-5H3,(H,20,23)(H,21,24). The number of aliphatic hydroxyl groups is 1. The van der Waals surface area contributed by atoms with Gasteiger partial charge in [0, 0.05) is 31.3 Å². The molecule has 7 nitrogen and oxygen atoms in total. The van der Waals surface area contributed by atoms with Crippen molar-refractivity contribution in [3.8, 4) is 0 Å². The zero-order valence-corrected chi connectivity index (χ0v) is 16.6. The summed E-state index contributed by atoms with van der Waals surface area (Å²) in [7, 11) is 0. The molecule has 1 saturated carbocycles. The second kappa shape index (κ2) is 9.90. The molecule has 0 aromatic heterocycles. The predicted octanol–water partition coefficient (Wildman–Crippen LogP) is 1.53. The molecule has 0 saturated heterocycles. The molecular formula is C19H34N2O5. The van der Waals surface area contributed by atoms with Crippen molar-refractivity contribution in [3.05, 3.63) is 0 Å². The molecule has 3 atom stereocenters. The van der Waals surface area contributed by atoms with Crippen molar-refractivity contribution < 1.29 is 24.2 Å². The van der Waals surface area contributed by atoms with Gasteiger partial charge in [-0.25, -0.2) is 0 Å². The van der Waals surface area contributed by atoms with E-state index in [1.165, 1.54) is 0 Å². The van der Waals surface area contributed by atoms with E-state index in [4.69, 9.17) is 4.74 Å². The van der Waals surface area contributed by atoms with Crippen LogP contribution in [0.5, 0.6) is 0 Å². The van der Waals surface area contributed by atoms with Gasteiger partial charge < -0.3 is 20.5 Å². The first kappa shape index (κ1) is 22.4. The second-order valence-electron chi connectivity index (χ2n) is 8.41. The van der Waals surface area contributed by atoms with Crippen LogP contribution in [0, 0.1) is 11.8 Å². The van der Waals surface area contributed by atoms with Crippen molar-refractivity contribution in [1.29, 1.82) is 0 Å². The van der Waals surface area contributed by atoms with E-state index in [1.807, 2.05) is 34.6 Å². The van der Waals surface area contributed by atoms with Gasteiger partial charge in [0.05, 0.1) is 12.0 Å². The lowest BCUT2D eigenvalue weighted by Gasteiger charge is -2.22. The Labute approximate surface area is 156 Å². The van der Waals surface area contributed by atoms with Crippen LogP contribution in [0.4, 0.5) is 0 Å². The quantitative estimate of drug-likeness (QED) is 0.562. The summed E-state index contributed by atoms with van der Waals surface area (Å²) < 4.78 is 5.37. The highest BCUT2D eigenvalue weighted by Crippen LogP contribution is 2.32. The van der Waals surface area contributed by atoms with Gasteiger partial charge in [-0.15, -0.1) is 0 Å². The minimum atomic E-state index is -0.621. The Hall–Kier alpha value is -1.63. The first-order chi connectivity index (χ1) is 12.0. The monoisotopic (exact) mass is 370 g/mol. The average molecular weight is 370 g/mol. The number of nitrogens with one attached hydrogen (secondary N) is 2. The Balaban J connectivity index is 2.29. The predicted molar refractivity (Wildman–Crippen MR) is 98.2 cm³/mol. The summed E-state index contributed by atoms with van der Waals surface area (Å²) >= 11 is 0. The Morgan fingerprint density at radius 2 is 1.73 bits per heavy atom. The van der Waals surface area contributed by atoms with Crippen molar-refractivity contribution in [2.24, 2.45) is 11.8 Å². The van der Waals surface area contributed by atoms with E-state index in [0.29, 0.717) is 32.2 Å². The fourth-order valence-corrected chi connectivity index (χ4v) is 3.04. The summed E-state index contributed by atoms with van der Waals surface area (Å²) in [6.07, 6.45) is 1.32. The molecule has 1 aliphatic carbocycles. The van der Waals surface area contributed by atoms with Gasteiger partial charge in [-0.1, -0.05) is 0 Å². The zero-order valence-electron chi connectivity index (χ0n) is 16.6. The van der Waals surface area contributed by atoms with E-state index in [1.54, 1.807) is 0 Å². The molecule has 0 heterocycles. The fourth-order valence-electron chi connectivity index (χ4n) is 3.04. The van der Waals surface area contributed by atoms with Crippen LogP contribution in [0.25, 0.3) is 0 Å². The Morgan fingerprint density at radius 3 is 2.31 bits per heavy atom. The summed E-state index contributed by atoms with van der Waals surface area (Å²) in [4.78, 5) is 35.5. The molecule has 0 radical (unpaired) electrons. The van der Waals surface area contributed by atoms with Gasteiger partial charge >= 0.3 is 5.97 Å². The molecule has 1 rings (SSSR count). The van der Waals surface area contributed by atoms with E-state index in [9.17, 15) is 19.5 Å². The third-order valence-electron chi connectivity index (χ3n) is 4.22. The zero-order chi connectivity index (χ0) is 19.9. The maximum absolute atomic E-state index is 12.1. The molecule has 3 N–H and O–H groups in total. The third kappa shape index (κ3) is 8.65. The highest BCUT2D eigenvalue weighted by atomic mass is 16.6. The highest BCUT2D eigenvalue weighted by molar-refractivity contribution is 5.79. The topological polar surface area (TPSA) is 105 Å². The van der Waals surface area contributed by atoms with E-state index in [2.05, 4.69) is 10.6 Å². The smallest absolute Gasteiger partial charge is 0.309 e. The molecule has 7 heteroatoms. The lowest BCUT2D eigenvalue weighted by molar-refractivity contribution is -0.160. The van der Waals surface area contributed by atoms with Crippen LogP contribution >= 0.6 is 0 Å². The maximum Gasteiger partial charge on any atom is 0.309 e. The van der Waals surface area contributed by atoms with Crippen molar-refractivity contribution in [2.45, 2.75) is 84.5 Å². The van der Waals surface area contributed by atoms with Gasteiger partial charge in [-0.05, 0) is 53.9 Å². The van der Waals surface area contributed by atoms with Gasteiger partial charge in [-0.3, -0.25) is 14.4 Å². The van der Waals surface area contributed by atoms with E-state index in [0.717, 1.165) is 0 Å². The van der Waals surface area contributed by atoms with Gasteiger partial charge in [0.2, 0.25) is 11.8 Å². The van der Waals surface area contributed by atoms with Crippen LogP contribution in [0.3, 0.4) is 0 Å². The summed E-state index contributed by atoms with van der Waals surface area (Å²) in [5.74, 6) is -0.970. The fraction of sp³-hybridized carbons (Fsp3) is 0.842. The van der Waals surface area contributed by atoms with Gasteiger partial charge in [-0.2, -0.15) is 0 Å². The molecule has 0 spiro atoms. The molecule has 26 heavy (non-hydrogen) atoms. The second-order valence-corrected chi connectivity index (χ2v) is 8.41. The van der Waals surface area contributed by atoms with Gasteiger partial charge in [0.15, 0.2) is 0 Å². The van der Waals surface area contributed by atoms with Crippen LogP contribution in [-0.2, 0) is 19.1 Å². The number of aliphatic hydroxyl groups excluding tert-OH is 1. The largest absolute Gasteiger partial charge is 0.460 e. The SMILES string of the molecule is CC(C)NC(=O)CCCC(=O)NCC1CC(C(=O)OC(C)(C)C)CC1O. The van der Waals surface area contributed by atoms with Gasteiger partial charge in [0.25, 0.3) is 0 Å². The van der Waals surface area contributed by atoms with E-state index < -0.39 is 11.7 Å². The number of ether oxygens (including phenoxy) is 1. The van der Waals surface area contributed by atoms with Crippen LogP contribution < -0.4 is 10.6 Å². The molecule has 3 unspecified atom stereocenters. The Bertz CT molecular complexity index is 499. The van der Waals surface area contributed by atoms with Crippen LogP contribution in [0.2, 0.25) is 0 Å². The molecule has 0 aromatic carbocycles. The summed E-state index contributed by atoms with van der Waals surface area (Å²) in [5.41, 5.74) is -0.545. The lowest BCUT2D eigenvalue weighted by Crippen LogP contribution is -2.33. The molecule has 1 fully saturated rings. The molecule has 0 aromatic rings. The lowest BCUT2D eigenvalue weighted by atomic mass is 10.0. The maximum atomic E-state index is 12.1. The molecular weight excluding hydrogens is 336 g/mol. The van der Waals surface area contributed by atoms with Crippen molar-refractivity contribution in [2.75, 3.05) is 6.54 Å². The number of amides is 2. The Kier molecular flexibility index (Phi) is 8.53. The van der Waals surface area contributed by atoms with Crippen LogP contribution in [-0.4, -0.2) is 47.2 Å². The number of carbonyl (C=O) groups is 3. The number of rotatable bonds is 8. The summed E-state index contributed by atoms with van der Waals surface area (Å²) in [6, 6.07) is 0.0955. The van der Waals surface area contributed by atoms with Crippen LogP contribution in [0.1, 0.15) is 66.7 Å². The number of hydrogen-bond donors (Lipinski definition) is 3. The van der Waals surface area contributed by atoms with E-state index in [-0.39, 0.29) is 42.1 Å². The molecule has 1 aliphatic rings. The third-order valence-corrected chi connectivity index (χ3v) is 4.22. The molecule has 0 bridgehead atoms. The summed E-state index contributed by atoms with van der Waals surface area (Å²) in [5, 5.41) is 15.7. The first-order valence-corrected chi connectivity index (χ1v) is 9.45. The minimum absolute atomic E-state index is 0.0563. The normalized spacial score (nSPS) is 23.0. The van der Waals surface area contributed by atoms with Crippen molar-refractivity contribution in [3.63, 3.8) is 0 Å². The first-order valence-electron chi connectivity index (χ1n) is 9.45. The average Bonchev–Trinajstić information content (AvgIpc) is 2.84. The Morgan fingerprint density at radius 1 is 1.12 bits per heavy atom. The van der Waals surface area contributed by atoms with Crippen molar-refractivity contribution in [1.82, 2.24) is 10.6 Å². The number of esters is 1.